The second kappa shape index (κ2) is 3.82. The van der Waals surface area contributed by atoms with E-state index in [1.807, 2.05) is 39.8 Å². The Morgan fingerprint density at radius 2 is 1.76 bits per heavy atom. The number of ether oxygens (including phenoxy) is 1. The van der Waals surface area contributed by atoms with Crippen molar-refractivity contribution in [3.05, 3.63) is 29.8 Å². The molecule has 2 rings (SSSR count). The van der Waals surface area contributed by atoms with E-state index in [-0.39, 0.29) is 5.92 Å². The van der Waals surface area contributed by atoms with Gasteiger partial charge >= 0.3 is 0 Å². The Labute approximate surface area is 103 Å². The largest absolute Gasteiger partial charge is 0.349 e. The monoisotopic (exact) mass is 254 g/mol. The molecule has 1 aliphatic rings. The van der Waals surface area contributed by atoms with Crippen LogP contribution in [-0.2, 0) is 14.6 Å². The van der Waals surface area contributed by atoms with E-state index < -0.39 is 20.9 Å². The van der Waals surface area contributed by atoms with E-state index in [1.54, 1.807) is 12.1 Å². The number of benzene rings is 1. The zero-order valence-corrected chi connectivity index (χ0v) is 11.4. The van der Waals surface area contributed by atoms with Crippen molar-refractivity contribution in [1.29, 1.82) is 0 Å². The average Bonchev–Trinajstić information content (AvgIpc) is 2.94. The molecule has 3 nitrogen and oxygen atoms in total. The maximum atomic E-state index is 12.3. The fourth-order valence-corrected chi connectivity index (χ4v) is 3.81. The van der Waals surface area contributed by atoms with Gasteiger partial charge in [-0.15, -0.1) is 0 Å². The van der Waals surface area contributed by atoms with Gasteiger partial charge in [-0.05, 0) is 31.9 Å². The topological polar surface area (TPSA) is 46.7 Å². The summed E-state index contributed by atoms with van der Waals surface area (Å²) in [6, 6.07) is 6.91. The minimum absolute atomic E-state index is 0.188. The Balaban J connectivity index is 2.31. The molecule has 1 fully saturated rings. The van der Waals surface area contributed by atoms with Gasteiger partial charge in [-0.1, -0.05) is 31.5 Å². The summed E-state index contributed by atoms with van der Waals surface area (Å²) in [5, 5.41) is 0. The third kappa shape index (κ3) is 2.00. The van der Waals surface area contributed by atoms with Crippen molar-refractivity contribution >= 4 is 9.84 Å². The van der Waals surface area contributed by atoms with Crippen LogP contribution >= 0.6 is 0 Å². The predicted molar refractivity (Wildman–Crippen MR) is 66.5 cm³/mol. The van der Waals surface area contributed by atoms with Crippen LogP contribution in [0.2, 0.25) is 0 Å². The van der Waals surface area contributed by atoms with Crippen molar-refractivity contribution in [2.24, 2.45) is 5.92 Å². The first kappa shape index (κ1) is 12.6. The number of epoxide rings is 1. The number of hydrogen-bond acceptors (Lipinski definition) is 3. The lowest BCUT2D eigenvalue weighted by Crippen LogP contribution is -2.23. The molecule has 17 heavy (non-hydrogen) atoms. The van der Waals surface area contributed by atoms with Crippen LogP contribution in [0, 0.1) is 12.8 Å². The number of sulfone groups is 1. The van der Waals surface area contributed by atoms with Crippen LogP contribution in [0.5, 0.6) is 0 Å². The van der Waals surface area contributed by atoms with E-state index in [0.29, 0.717) is 4.90 Å². The smallest absolute Gasteiger partial charge is 0.208 e. The van der Waals surface area contributed by atoms with Gasteiger partial charge in [-0.3, -0.25) is 0 Å². The van der Waals surface area contributed by atoms with E-state index >= 15 is 0 Å². The minimum atomic E-state index is -3.36. The Morgan fingerprint density at radius 1 is 1.24 bits per heavy atom. The molecule has 94 valence electrons. The van der Waals surface area contributed by atoms with Gasteiger partial charge in [0, 0.05) is 0 Å². The van der Waals surface area contributed by atoms with Crippen molar-refractivity contribution < 1.29 is 13.2 Å². The van der Waals surface area contributed by atoms with Crippen LogP contribution < -0.4 is 0 Å². The molecule has 0 aliphatic carbocycles. The summed E-state index contributed by atoms with van der Waals surface area (Å²) in [7, 11) is -3.36. The highest BCUT2D eigenvalue weighted by Crippen LogP contribution is 2.47. The number of hydrogen-bond donors (Lipinski definition) is 0. The van der Waals surface area contributed by atoms with Crippen molar-refractivity contribution in [2.45, 2.75) is 43.6 Å². The van der Waals surface area contributed by atoms with Gasteiger partial charge in [0.15, 0.2) is 5.44 Å². The van der Waals surface area contributed by atoms with Crippen LogP contribution in [0.4, 0.5) is 0 Å². The molecule has 0 radical (unpaired) electrons. The second-order valence-electron chi connectivity index (χ2n) is 5.15. The lowest BCUT2D eigenvalue weighted by atomic mass is 9.99. The lowest BCUT2D eigenvalue weighted by molar-refractivity contribution is 0.258. The van der Waals surface area contributed by atoms with E-state index in [0.717, 1.165) is 5.56 Å². The Kier molecular flexibility index (Phi) is 2.83. The molecule has 0 saturated carbocycles. The average molecular weight is 254 g/mol. The molecule has 0 amide bonds. The summed E-state index contributed by atoms with van der Waals surface area (Å²) in [4.78, 5) is 0.345. The molecule has 0 bridgehead atoms. The minimum Gasteiger partial charge on any atom is -0.349 e. The summed E-state index contributed by atoms with van der Waals surface area (Å²) in [6.07, 6.45) is 0. The van der Waals surface area contributed by atoms with Crippen LogP contribution in [0.25, 0.3) is 0 Å². The molecular formula is C13H18O3S. The van der Waals surface area contributed by atoms with Gasteiger partial charge in [0.2, 0.25) is 9.84 Å². The summed E-state index contributed by atoms with van der Waals surface area (Å²) in [6.45, 7) is 7.74. The molecule has 4 heteroatoms. The molecule has 0 N–H and O–H groups in total. The first-order chi connectivity index (χ1) is 7.78. The molecule has 1 aliphatic heterocycles. The summed E-state index contributed by atoms with van der Waals surface area (Å²) < 4.78 is 30.0. The van der Waals surface area contributed by atoms with Crippen molar-refractivity contribution in [3.8, 4) is 0 Å². The van der Waals surface area contributed by atoms with Crippen molar-refractivity contribution in [3.63, 3.8) is 0 Å². The van der Waals surface area contributed by atoms with Crippen molar-refractivity contribution in [1.82, 2.24) is 0 Å². The van der Waals surface area contributed by atoms with E-state index in [1.165, 1.54) is 0 Å². The Hall–Kier alpha value is -0.870. The Morgan fingerprint density at radius 3 is 2.18 bits per heavy atom. The fourth-order valence-electron chi connectivity index (χ4n) is 1.83. The molecule has 1 heterocycles. The van der Waals surface area contributed by atoms with Gasteiger partial charge in [-0.25, -0.2) is 8.42 Å². The van der Waals surface area contributed by atoms with Crippen LogP contribution in [-0.4, -0.2) is 19.5 Å². The second-order valence-corrected chi connectivity index (χ2v) is 7.14. The molecule has 2 atom stereocenters. The third-order valence-electron chi connectivity index (χ3n) is 3.55. The normalized spacial score (nSPS) is 28.4. The fraction of sp³-hybridized carbons (Fsp3) is 0.538. The zero-order valence-electron chi connectivity index (χ0n) is 10.6. The number of rotatable bonds is 3. The molecule has 1 saturated heterocycles. The van der Waals surface area contributed by atoms with Gasteiger partial charge in [0.25, 0.3) is 0 Å². The molecule has 1 aromatic rings. The summed E-state index contributed by atoms with van der Waals surface area (Å²) >= 11 is 0. The molecule has 0 aromatic heterocycles. The van der Waals surface area contributed by atoms with Gasteiger partial charge in [0.05, 0.1) is 4.90 Å². The first-order valence-electron chi connectivity index (χ1n) is 5.77. The number of aryl methyl sites for hydroxylation is 1. The molecule has 0 unspecified atom stereocenters. The highest BCUT2D eigenvalue weighted by atomic mass is 32.2. The van der Waals surface area contributed by atoms with Crippen LogP contribution in [0.15, 0.2) is 29.2 Å². The summed E-state index contributed by atoms with van der Waals surface area (Å²) in [5.41, 5.74) is -0.186. The van der Waals surface area contributed by atoms with Gasteiger partial charge in [0.1, 0.15) is 5.60 Å². The van der Waals surface area contributed by atoms with Crippen molar-refractivity contribution in [2.75, 3.05) is 0 Å². The lowest BCUT2D eigenvalue weighted by Gasteiger charge is -2.10. The van der Waals surface area contributed by atoms with Gasteiger partial charge in [-0.2, -0.15) is 0 Å². The van der Waals surface area contributed by atoms with Gasteiger partial charge < -0.3 is 4.74 Å². The van der Waals surface area contributed by atoms with E-state index in [9.17, 15) is 8.42 Å². The van der Waals surface area contributed by atoms with E-state index in [4.69, 9.17) is 4.74 Å². The SMILES string of the molecule is Cc1ccc(S(=O)(=O)[C@@H]2O[C@@]2(C)C(C)C)cc1. The maximum Gasteiger partial charge on any atom is 0.208 e. The van der Waals surface area contributed by atoms with Crippen LogP contribution in [0.1, 0.15) is 26.3 Å². The quantitative estimate of drug-likeness (QED) is 0.779. The molecule has 1 aromatic carbocycles. The molecule has 0 spiro atoms. The van der Waals surface area contributed by atoms with E-state index in [2.05, 4.69) is 0 Å². The zero-order chi connectivity index (χ0) is 12.8. The first-order valence-corrected chi connectivity index (χ1v) is 7.31. The molecular weight excluding hydrogens is 236 g/mol. The summed E-state index contributed by atoms with van der Waals surface area (Å²) in [5.74, 6) is 0.188. The Bertz CT molecular complexity index is 516. The predicted octanol–water partition coefficient (Wildman–Crippen LogP) is 2.54. The highest BCUT2D eigenvalue weighted by molar-refractivity contribution is 7.92. The third-order valence-corrected chi connectivity index (χ3v) is 5.61. The highest BCUT2D eigenvalue weighted by Gasteiger charge is 2.62. The standard InChI is InChI=1S/C13H18O3S/c1-9(2)13(4)12(16-13)17(14,15)11-7-5-10(3)6-8-11/h5-9,12H,1-4H3/t12-,13-/m0/s1. The maximum absolute atomic E-state index is 12.3. The van der Waals surface area contributed by atoms with Crippen LogP contribution in [0.3, 0.4) is 0 Å².